The maximum absolute atomic E-state index is 13.6. The smallest absolute Gasteiger partial charge is 0.256 e. The van der Waals surface area contributed by atoms with Crippen molar-refractivity contribution in [3.63, 3.8) is 0 Å². The van der Waals surface area contributed by atoms with Gasteiger partial charge in [0.15, 0.2) is 0 Å². The Morgan fingerprint density at radius 1 is 1.16 bits per heavy atom. The average Bonchev–Trinajstić information content (AvgIpc) is 3.17. The maximum Gasteiger partial charge on any atom is 0.256 e. The molecule has 2 N–H and O–H groups in total. The summed E-state index contributed by atoms with van der Waals surface area (Å²) >= 11 is 1.64. The molecule has 1 unspecified atom stereocenters. The number of hydrogen-bond donors (Lipinski definition) is 2. The number of nitrogens with zero attached hydrogens (tertiary/aromatic N) is 1. The highest BCUT2D eigenvalue weighted by atomic mass is 32.2. The van der Waals surface area contributed by atoms with Crippen LogP contribution >= 0.6 is 11.8 Å². The minimum atomic E-state index is -0.630. The largest absolute Gasteiger partial charge is 0.352 e. The summed E-state index contributed by atoms with van der Waals surface area (Å²) in [6.45, 7) is 8.13. The molecule has 2 aliphatic heterocycles. The first-order chi connectivity index (χ1) is 15.2. The lowest BCUT2D eigenvalue weighted by Gasteiger charge is -2.32. The Bertz CT molecular complexity index is 894. The summed E-state index contributed by atoms with van der Waals surface area (Å²) in [5.41, 5.74) is 1.65. The summed E-state index contributed by atoms with van der Waals surface area (Å²) in [7, 11) is 0. The maximum atomic E-state index is 13.6. The summed E-state index contributed by atoms with van der Waals surface area (Å²) in [5, 5.41) is 6.04. The van der Waals surface area contributed by atoms with Crippen molar-refractivity contribution in [2.24, 2.45) is 5.92 Å². The zero-order valence-corrected chi connectivity index (χ0v) is 20.3. The molecule has 1 saturated heterocycles. The number of hydrogen-bond acceptors (Lipinski definition) is 4. The second-order valence-corrected chi connectivity index (χ2v) is 12.0. The van der Waals surface area contributed by atoms with Crippen molar-refractivity contribution < 1.29 is 14.4 Å². The van der Waals surface area contributed by atoms with Crippen molar-refractivity contribution in [1.82, 2.24) is 15.5 Å². The van der Waals surface area contributed by atoms with Crippen molar-refractivity contribution in [2.75, 3.05) is 0 Å². The molecule has 4 rings (SSSR count). The van der Waals surface area contributed by atoms with Gasteiger partial charge in [0.25, 0.3) is 5.91 Å². The van der Waals surface area contributed by atoms with Crippen molar-refractivity contribution in [3.05, 3.63) is 35.4 Å². The fraction of sp³-hybridized carbons (Fsp3) is 0.640. The number of rotatable bonds is 6. The Morgan fingerprint density at radius 3 is 2.53 bits per heavy atom. The van der Waals surface area contributed by atoms with Gasteiger partial charge in [-0.05, 0) is 50.7 Å². The van der Waals surface area contributed by atoms with Gasteiger partial charge in [0, 0.05) is 16.4 Å². The van der Waals surface area contributed by atoms with Crippen molar-refractivity contribution in [2.45, 2.75) is 94.5 Å². The van der Waals surface area contributed by atoms with Crippen LogP contribution in [0, 0.1) is 5.92 Å². The van der Waals surface area contributed by atoms with Crippen LogP contribution in [0.2, 0.25) is 0 Å². The predicted octanol–water partition coefficient (Wildman–Crippen LogP) is 4.01. The van der Waals surface area contributed by atoms with Crippen LogP contribution in [0.15, 0.2) is 24.3 Å². The molecular formula is C25H35N3O3S. The Labute approximate surface area is 195 Å². The van der Waals surface area contributed by atoms with Crippen LogP contribution < -0.4 is 10.6 Å². The number of thioether (sulfide) groups is 1. The monoisotopic (exact) mass is 457 g/mol. The van der Waals surface area contributed by atoms with Gasteiger partial charge in [0.1, 0.15) is 17.5 Å². The normalized spacial score (nSPS) is 25.4. The average molecular weight is 458 g/mol. The summed E-state index contributed by atoms with van der Waals surface area (Å²) < 4.78 is -0.458. The standard InChI is InChI=1S/C25H35N3O3S/c1-15(2)14-19(21(29)26-16-10-6-5-7-11-16)27-22(30)20-25(3,4)32-24-18-13-9-8-12-17(18)23(31)28(20)24/h8-9,12-13,15-16,19-20,24H,5-7,10-11,14H2,1-4H3,(H,26,29)(H,27,30)/t19-,20+,24?/m0/s1. The van der Waals surface area contributed by atoms with E-state index in [1.807, 2.05) is 38.1 Å². The van der Waals surface area contributed by atoms with E-state index in [0.717, 1.165) is 31.2 Å². The zero-order valence-electron chi connectivity index (χ0n) is 19.5. The predicted molar refractivity (Wildman–Crippen MR) is 127 cm³/mol. The first kappa shape index (κ1) is 23.1. The van der Waals surface area contributed by atoms with Gasteiger partial charge in [-0.15, -0.1) is 11.8 Å². The van der Waals surface area contributed by atoms with Crippen LogP contribution in [0.4, 0.5) is 0 Å². The number of fused-ring (bicyclic) bond motifs is 3. The third kappa shape index (κ3) is 4.41. The highest BCUT2D eigenvalue weighted by Gasteiger charge is 2.57. The zero-order chi connectivity index (χ0) is 23.0. The number of nitrogens with one attached hydrogen (secondary N) is 2. The first-order valence-corrected chi connectivity index (χ1v) is 12.8. The lowest BCUT2D eigenvalue weighted by molar-refractivity contribution is -0.132. The topological polar surface area (TPSA) is 78.5 Å². The number of benzene rings is 1. The van der Waals surface area contributed by atoms with Gasteiger partial charge in [-0.25, -0.2) is 0 Å². The molecule has 32 heavy (non-hydrogen) atoms. The molecule has 0 aromatic heterocycles. The molecule has 1 aromatic carbocycles. The molecule has 3 amide bonds. The van der Waals surface area contributed by atoms with E-state index in [1.165, 1.54) is 6.42 Å². The first-order valence-electron chi connectivity index (χ1n) is 11.9. The molecule has 1 saturated carbocycles. The molecular weight excluding hydrogens is 422 g/mol. The lowest BCUT2D eigenvalue weighted by Crippen LogP contribution is -2.58. The molecule has 0 spiro atoms. The minimum Gasteiger partial charge on any atom is -0.352 e. The SMILES string of the molecule is CC(C)C[C@H](NC(=O)[C@H]1N2C(=O)c3ccccc3C2SC1(C)C)C(=O)NC1CCCCC1. The summed E-state index contributed by atoms with van der Waals surface area (Å²) in [4.78, 5) is 41.6. The summed E-state index contributed by atoms with van der Waals surface area (Å²) in [6.07, 6.45) is 6.07. The molecule has 1 aliphatic carbocycles. The summed E-state index contributed by atoms with van der Waals surface area (Å²) in [6, 6.07) is 6.57. The fourth-order valence-corrected chi connectivity index (χ4v) is 6.90. The van der Waals surface area contributed by atoms with E-state index in [0.29, 0.717) is 12.0 Å². The molecule has 3 aliphatic rings. The Hall–Kier alpha value is -2.02. The molecule has 6 nitrogen and oxygen atoms in total. The lowest BCUT2D eigenvalue weighted by atomic mass is 9.94. The Balaban J connectivity index is 1.52. The van der Waals surface area contributed by atoms with E-state index in [-0.39, 0.29) is 35.1 Å². The third-order valence-corrected chi connectivity index (χ3v) is 8.37. The van der Waals surface area contributed by atoms with E-state index in [4.69, 9.17) is 0 Å². The molecule has 0 radical (unpaired) electrons. The van der Waals surface area contributed by atoms with Crippen LogP contribution in [0.5, 0.6) is 0 Å². The third-order valence-electron chi connectivity index (χ3n) is 6.84. The van der Waals surface area contributed by atoms with Gasteiger partial charge in [0.2, 0.25) is 11.8 Å². The number of carbonyl (C=O) groups excluding carboxylic acids is 3. The van der Waals surface area contributed by atoms with Crippen LogP contribution in [0.25, 0.3) is 0 Å². The van der Waals surface area contributed by atoms with E-state index < -0.39 is 16.8 Å². The van der Waals surface area contributed by atoms with Gasteiger partial charge in [0.05, 0.1) is 0 Å². The van der Waals surface area contributed by atoms with Crippen molar-refractivity contribution in [3.8, 4) is 0 Å². The van der Waals surface area contributed by atoms with E-state index >= 15 is 0 Å². The van der Waals surface area contributed by atoms with Crippen LogP contribution in [0.3, 0.4) is 0 Å². The Kier molecular flexibility index (Phi) is 6.57. The van der Waals surface area contributed by atoms with Gasteiger partial charge < -0.3 is 15.5 Å². The van der Waals surface area contributed by atoms with Gasteiger partial charge in [-0.2, -0.15) is 0 Å². The van der Waals surface area contributed by atoms with Crippen LogP contribution in [-0.2, 0) is 9.59 Å². The van der Waals surface area contributed by atoms with E-state index in [1.54, 1.807) is 16.7 Å². The molecule has 174 valence electrons. The molecule has 1 aromatic rings. The fourth-order valence-electron chi connectivity index (χ4n) is 5.31. The molecule has 3 atom stereocenters. The number of amides is 3. The second kappa shape index (κ2) is 9.08. The molecule has 7 heteroatoms. The summed E-state index contributed by atoms with van der Waals surface area (Å²) in [5.74, 6) is -0.185. The highest BCUT2D eigenvalue weighted by molar-refractivity contribution is 8.01. The van der Waals surface area contributed by atoms with Gasteiger partial charge >= 0.3 is 0 Å². The van der Waals surface area contributed by atoms with Crippen LogP contribution in [0.1, 0.15) is 87.5 Å². The highest BCUT2D eigenvalue weighted by Crippen LogP contribution is 2.56. The van der Waals surface area contributed by atoms with Crippen LogP contribution in [-0.4, -0.2) is 45.5 Å². The Morgan fingerprint density at radius 2 is 1.84 bits per heavy atom. The van der Waals surface area contributed by atoms with Crippen molar-refractivity contribution in [1.29, 1.82) is 0 Å². The molecule has 0 bridgehead atoms. The minimum absolute atomic E-state index is 0.101. The number of carbonyl (C=O) groups is 3. The molecule has 2 heterocycles. The van der Waals surface area contributed by atoms with Gasteiger partial charge in [-0.3, -0.25) is 14.4 Å². The van der Waals surface area contributed by atoms with Gasteiger partial charge in [-0.1, -0.05) is 51.3 Å². The van der Waals surface area contributed by atoms with E-state index in [2.05, 4.69) is 24.5 Å². The van der Waals surface area contributed by atoms with Crippen molar-refractivity contribution >= 4 is 29.5 Å². The van der Waals surface area contributed by atoms with E-state index in [9.17, 15) is 14.4 Å². The quantitative estimate of drug-likeness (QED) is 0.676. The molecule has 2 fully saturated rings. The second-order valence-electron chi connectivity index (χ2n) is 10.3.